The Balaban J connectivity index is 1.73. The third kappa shape index (κ3) is 4.25. The van der Waals surface area contributed by atoms with Crippen LogP contribution >= 0.6 is 0 Å². The minimum absolute atomic E-state index is 0.0468. The Morgan fingerprint density at radius 1 is 1.27 bits per heavy atom. The number of allylic oxidation sites excluding steroid dienone is 2. The molecule has 3 aromatic rings. The van der Waals surface area contributed by atoms with Crippen LogP contribution in [0.4, 0.5) is 4.39 Å². The van der Waals surface area contributed by atoms with Crippen molar-refractivity contribution in [1.29, 1.82) is 0 Å². The third-order valence-electron chi connectivity index (χ3n) is 7.87. The first-order valence-electron chi connectivity index (χ1n) is 12.4. The van der Waals surface area contributed by atoms with Gasteiger partial charge in [0.25, 0.3) is 0 Å². The average molecular weight is 499 g/mol. The minimum atomic E-state index is -0.906. The molecule has 0 radical (unpaired) electrons. The van der Waals surface area contributed by atoms with Gasteiger partial charge in [-0.2, -0.15) is 0 Å². The van der Waals surface area contributed by atoms with E-state index >= 15 is 4.39 Å². The van der Waals surface area contributed by atoms with Crippen LogP contribution in [0.3, 0.4) is 0 Å². The molecule has 0 saturated heterocycles. The van der Waals surface area contributed by atoms with Gasteiger partial charge in [-0.15, -0.1) is 0 Å². The van der Waals surface area contributed by atoms with Crippen LogP contribution in [0.2, 0.25) is 0 Å². The molecule has 0 bridgehead atoms. The van der Waals surface area contributed by atoms with Crippen molar-refractivity contribution in [2.45, 2.75) is 51.4 Å². The van der Waals surface area contributed by atoms with Gasteiger partial charge in [0.2, 0.25) is 5.70 Å². The van der Waals surface area contributed by atoms with Crippen LogP contribution < -0.4 is 0 Å². The molecule has 5 rings (SSSR count). The summed E-state index contributed by atoms with van der Waals surface area (Å²) in [5.41, 5.74) is 3.61. The first-order chi connectivity index (χ1) is 17.7. The second kappa shape index (κ2) is 9.40. The van der Waals surface area contributed by atoms with Crippen molar-refractivity contribution in [3.05, 3.63) is 88.2 Å². The molecule has 188 valence electrons. The molecular weight excluding hydrogens is 471 g/mol. The number of benzene rings is 1. The quantitative estimate of drug-likeness (QED) is 0.424. The van der Waals surface area contributed by atoms with Gasteiger partial charge < -0.3 is 10.2 Å². The first-order valence-corrected chi connectivity index (χ1v) is 12.4. The molecule has 3 atom stereocenters. The highest BCUT2D eigenvalue weighted by atomic mass is 19.1. The molecule has 0 saturated carbocycles. The second-order valence-corrected chi connectivity index (χ2v) is 10.1. The van der Waals surface area contributed by atoms with E-state index in [2.05, 4.69) is 16.8 Å². The number of hydrogen-bond acceptors (Lipinski definition) is 5. The molecule has 2 aliphatic rings. The number of rotatable bonds is 5. The maximum Gasteiger partial charge on any atom is 0.303 e. The molecule has 2 aromatic heterocycles. The summed E-state index contributed by atoms with van der Waals surface area (Å²) >= 11 is 0. The summed E-state index contributed by atoms with van der Waals surface area (Å²) in [6, 6.07) is 10.1. The Hall–Kier alpha value is -4.12. The molecule has 37 heavy (non-hydrogen) atoms. The monoisotopic (exact) mass is 498 g/mol. The molecule has 0 spiro atoms. The Kier molecular flexibility index (Phi) is 6.24. The number of fused-ring (bicyclic) bond motifs is 3. The number of nitrogens with zero attached hydrogens (tertiary/aromatic N) is 4. The molecule has 8 heteroatoms. The van der Waals surface area contributed by atoms with E-state index in [9.17, 15) is 9.90 Å². The lowest BCUT2D eigenvalue weighted by Gasteiger charge is -2.48. The number of pyridine rings is 1. The van der Waals surface area contributed by atoms with E-state index in [1.807, 2.05) is 6.92 Å². The Labute approximate surface area is 214 Å². The van der Waals surface area contributed by atoms with Gasteiger partial charge in [-0.3, -0.25) is 9.78 Å². The maximum absolute atomic E-state index is 15.1. The SMILES string of the molecule is [C-]#[N+]C1=C(O)[C@H](C)[C@H]2CCc3c(-c4ccccc4F)nc(-c4ccnc(CCC(=O)O)c4)nc3[C@]2(C)C1. The fraction of sp³-hybridized carbons (Fsp3) is 0.345. The molecular formula is C29H27FN4O3. The molecule has 0 amide bonds. The summed E-state index contributed by atoms with van der Waals surface area (Å²) in [6.07, 6.45) is 3.56. The number of carbonyl (C=O) groups is 1. The smallest absolute Gasteiger partial charge is 0.303 e. The van der Waals surface area contributed by atoms with Gasteiger partial charge >= 0.3 is 5.97 Å². The van der Waals surface area contributed by atoms with Crippen LogP contribution in [0.5, 0.6) is 0 Å². The predicted molar refractivity (Wildman–Crippen MR) is 136 cm³/mol. The van der Waals surface area contributed by atoms with Crippen molar-refractivity contribution in [1.82, 2.24) is 15.0 Å². The van der Waals surface area contributed by atoms with Crippen molar-refractivity contribution in [2.75, 3.05) is 0 Å². The van der Waals surface area contributed by atoms with E-state index in [-0.39, 0.29) is 36.3 Å². The van der Waals surface area contributed by atoms with Gasteiger partial charge in [-0.1, -0.05) is 26.0 Å². The number of aliphatic hydroxyl groups is 1. The van der Waals surface area contributed by atoms with Crippen LogP contribution in [-0.4, -0.2) is 31.1 Å². The zero-order chi connectivity index (χ0) is 26.3. The summed E-state index contributed by atoms with van der Waals surface area (Å²) < 4.78 is 15.1. The fourth-order valence-electron chi connectivity index (χ4n) is 5.99. The molecule has 2 heterocycles. The Bertz CT molecular complexity index is 1480. The molecule has 2 N–H and O–H groups in total. The van der Waals surface area contributed by atoms with Crippen LogP contribution in [0.25, 0.3) is 27.5 Å². The first kappa shape index (κ1) is 24.6. The van der Waals surface area contributed by atoms with Gasteiger partial charge in [0, 0.05) is 46.3 Å². The van der Waals surface area contributed by atoms with Crippen LogP contribution in [0.15, 0.2) is 54.1 Å². The zero-order valence-corrected chi connectivity index (χ0v) is 20.7. The number of aliphatic hydroxyl groups excluding tert-OH is 1. The van der Waals surface area contributed by atoms with Crippen molar-refractivity contribution in [2.24, 2.45) is 11.8 Å². The number of hydrogen-bond donors (Lipinski definition) is 2. The summed E-state index contributed by atoms with van der Waals surface area (Å²) in [7, 11) is 0. The van der Waals surface area contributed by atoms with E-state index < -0.39 is 11.4 Å². The van der Waals surface area contributed by atoms with Crippen LogP contribution in [-0.2, 0) is 23.1 Å². The molecule has 2 aliphatic carbocycles. The molecule has 1 aromatic carbocycles. The minimum Gasteiger partial charge on any atom is -0.523 e. The summed E-state index contributed by atoms with van der Waals surface area (Å²) in [5, 5.41) is 19.8. The summed E-state index contributed by atoms with van der Waals surface area (Å²) in [4.78, 5) is 28.9. The number of halogens is 1. The number of aryl methyl sites for hydroxylation is 1. The normalized spacial score (nSPS) is 22.6. The van der Waals surface area contributed by atoms with Crippen molar-refractivity contribution in [3.63, 3.8) is 0 Å². The highest BCUT2D eigenvalue weighted by Crippen LogP contribution is 2.54. The third-order valence-corrected chi connectivity index (χ3v) is 7.87. The highest BCUT2D eigenvalue weighted by molar-refractivity contribution is 5.70. The van der Waals surface area contributed by atoms with Gasteiger partial charge in [0.1, 0.15) is 5.82 Å². The Morgan fingerprint density at radius 3 is 2.78 bits per heavy atom. The van der Waals surface area contributed by atoms with Crippen molar-refractivity contribution in [3.8, 4) is 22.6 Å². The fourth-order valence-corrected chi connectivity index (χ4v) is 5.99. The number of carboxylic acid groups (broad SMARTS) is 1. The lowest BCUT2D eigenvalue weighted by atomic mass is 9.57. The van der Waals surface area contributed by atoms with Crippen LogP contribution in [0, 0.1) is 24.2 Å². The predicted octanol–water partition coefficient (Wildman–Crippen LogP) is 5.91. The molecule has 7 nitrogen and oxygen atoms in total. The van der Waals surface area contributed by atoms with Gasteiger partial charge in [-0.05, 0) is 49.4 Å². The lowest BCUT2D eigenvalue weighted by molar-refractivity contribution is -0.136. The largest absolute Gasteiger partial charge is 0.523 e. The van der Waals surface area contributed by atoms with Crippen molar-refractivity contribution >= 4 is 5.97 Å². The molecule has 0 fully saturated rings. The number of aliphatic carboxylic acids is 1. The van der Waals surface area contributed by atoms with Crippen molar-refractivity contribution < 1.29 is 19.4 Å². The molecule has 0 aliphatic heterocycles. The maximum atomic E-state index is 15.1. The van der Waals surface area contributed by atoms with Gasteiger partial charge in [0.15, 0.2) is 5.82 Å². The topological polar surface area (TPSA) is 101 Å². The second-order valence-electron chi connectivity index (χ2n) is 10.1. The molecule has 0 unspecified atom stereocenters. The van der Waals surface area contributed by atoms with Gasteiger partial charge in [-0.25, -0.2) is 19.2 Å². The lowest BCUT2D eigenvalue weighted by Crippen LogP contribution is -2.45. The number of carboxylic acids is 1. The van der Waals surface area contributed by atoms with Gasteiger partial charge in [0.05, 0.1) is 30.1 Å². The highest BCUT2D eigenvalue weighted by Gasteiger charge is 2.50. The van der Waals surface area contributed by atoms with E-state index in [4.69, 9.17) is 21.6 Å². The average Bonchev–Trinajstić information content (AvgIpc) is 2.89. The van der Waals surface area contributed by atoms with E-state index in [0.717, 1.165) is 17.7 Å². The Morgan fingerprint density at radius 2 is 2.05 bits per heavy atom. The van der Waals surface area contributed by atoms with E-state index in [0.29, 0.717) is 46.9 Å². The standard InChI is InChI=1S/C29H27FN4O3/c1-16-21-10-9-20-25(19-6-4-5-7-22(19)30)33-28(17-12-13-32-18(14-17)8-11-24(35)36)34-27(20)29(21,2)15-23(31-3)26(16)37/h4-7,12-14,16,21,37H,8-11,15H2,1-2H3,(H,35,36)/t16-,21-,29-/m1/s1. The van der Waals surface area contributed by atoms with Crippen LogP contribution in [0.1, 0.15) is 50.1 Å². The summed E-state index contributed by atoms with van der Waals surface area (Å²) in [5.74, 6) is -0.873. The number of aromatic nitrogens is 3. The van der Waals surface area contributed by atoms with E-state index in [1.165, 1.54) is 6.07 Å². The zero-order valence-electron chi connectivity index (χ0n) is 20.7. The summed E-state index contributed by atoms with van der Waals surface area (Å²) in [6.45, 7) is 11.7. The van der Waals surface area contributed by atoms with E-state index in [1.54, 1.807) is 36.5 Å².